The number of alkyl halides is 15. The summed E-state index contributed by atoms with van der Waals surface area (Å²) in [5, 5.41) is 0. The molecule has 1 aromatic carbocycles. The zero-order chi connectivity index (χ0) is 36.6. The molecule has 0 aromatic heterocycles. The van der Waals surface area contributed by atoms with Crippen molar-refractivity contribution in [3.05, 3.63) is 35.4 Å². The third-order valence-electron chi connectivity index (χ3n) is 10.1. The zero-order valence-electron chi connectivity index (χ0n) is 25.9. The Labute approximate surface area is 268 Å². The number of rotatable bonds is 14. The Hall–Kier alpha value is -2.16. The molecule has 2 fully saturated rings. The molecule has 0 atom stereocenters. The van der Waals surface area contributed by atoms with Gasteiger partial charge in [0, 0.05) is 5.56 Å². The fourth-order valence-corrected chi connectivity index (χ4v) is 6.87. The predicted octanol–water partition coefficient (Wildman–Crippen LogP) is 12.0. The molecule has 2 aliphatic rings. The Morgan fingerprint density at radius 2 is 0.958 bits per heavy atom. The molecular weight excluding hydrogens is 685 g/mol. The summed E-state index contributed by atoms with van der Waals surface area (Å²) in [5.41, 5.74) is -1.06. The number of unbranched alkanes of at least 4 members (excludes halogenated alkanes) is 1. The van der Waals surface area contributed by atoms with Crippen LogP contribution >= 0.6 is 0 Å². The lowest BCUT2D eigenvalue weighted by atomic mass is 9.68. The van der Waals surface area contributed by atoms with Gasteiger partial charge in [-0.25, -0.2) is 0 Å². The van der Waals surface area contributed by atoms with Crippen LogP contribution in [0.5, 0.6) is 0 Å². The SMILES string of the molecule is CCCC[C@H]1CC[C@H](C2CCC(CCc3ccc(C(=O)C(F)(F)C(F)(F)C(F)(F)C(F)(F)C(F)(F)C(F)(F)C(F)(F)F)cc3)CC2)CC1. The van der Waals surface area contributed by atoms with Gasteiger partial charge in [-0.3, -0.25) is 4.79 Å². The average Bonchev–Trinajstić information content (AvgIpc) is 3.02. The van der Waals surface area contributed by atoms with E-state index in [4.69, 9.17) is 0 Å². The highest BCUT2D eigenvalue weighted by atomic mass is 19.4. The number of aryl methyl sites for hydroxylation is 1. The first kappa shape index (κ1) is 40.3. The van der Waals surface area contributed by atoms with Gasteiger partial charge in [-0.2, -0.15) is 65.9 Å². The normalized spacial score (nSPS) is 24.1. The van der Waals surface area contributed by atoms with Crippen molar-refractivity contribution < 1.29 is 70.7 Å². The number of halogens is 15. The number of hydrogen-bond donors (Lipinski definition) is 0. The first-order valence-electron chi connectivity index (χ1n) is 15.8. The van der Waals surface area contributed by atoms with Gasteiger partial charge in [0.2, 0.25) is 5.78 Å². The largest absolute Gasteiger partial charge is 0.460 e. The summed E-state index contributed by atoms with van der Waals surface area (Å²) in [6.45, 7) is 2.18. The van der Waals surface area contributed by atoms with Crippen LogP contribution in [0.25, 0.3) is 0 Å². The molecule has 0 radical (unpaired) electrons. The summed E-state index contributed by atoms with van der Waals surface area (Å²) < 4.78 is 202. The number of carbonyl (C=O) groups excluding carboxylic acids is 1. The summed E-state index contributed by atoms with van der Waals surface area (Å²) in [5.74, 6) is -48.8. The quantitative estimate of drug-likeness (QED) is 0.138. The van der Waals surface area contributed by atoms with E-state index in [1.54, 1.807) is 0 Å². The lowest BCUT2D eigenvalue weighted by Crippen LogP contribution is -2.73. The van der Waals surface area contributed by atoms with Crippen molar-refractivity contribution >= 4 is 5.78 Å². The minimum Gasteiger partial charge on any atom is -0.287 e. The lowest BCUT2D eigenvalue weighted by Gasteiger charge is -2.41. The molecule has 276 valence electrons. The Balaban J connectivity index is 1.62. The van der Waals surface area contributed by atoms with Crippen LogP contribution in [0.3, 0.4) is 0 Å². The molecule has 2 aliphatic carbocycles. The van der Waals surface area contributed by atoms with Gasteiger partial charge < -0.3 is 0 Å². The van der Waals surface area contributed by atoms with Crippen molar-refractivity contribution in [2.75, 3.05) is 0 Å². The van der Waals surface area contributed by atoms with E-state index in [9.17, 15) is 70.7 Å². The number of hydrogen-bond acceptors (Lipinski definition) is 1. The van der Waals surface area contributed by atoms with E-state index in [2.05, 4.69) is 6.92 Å². The van der Waals surface area contributed by atoms with Crippen LogP contribution in [0.15, 0.2) is 24.3 Å². The summed E-state index contributed by atoms with van der Waals surface area (Å²) >= 11 is 0. The molecular formula is C32H37F15O. The van der Waals surface area contributed by atoms with Crippen LogP contribution in [0.2, 0.25) is 0 Å². The van der Waals surface area contributed by atoms with Crippen LogP contribution in [-0.4, -0.2) is 47.5 Å². The monoisotopic (exact) mass is 722 g/mol. The molecule has 1 nitrogen and oxygen atoms in total. The van der Waals surface area contributed by atoms with Crippen molar-refractivity contribution in [1.29, 1.82) is 0 Å². The second-order valence-corrected chi connectivity index (χ2v) is 13.2. The van der Waals surface area contributed by atoms with Crippen molar-refractivity contribution in [2.24, 2.45) is 23.7 Å². The summed E-state index contributed by atoms with van der Waals surface area (Å²) in [7, 11) is 0. The highest BCUT2D eigenvalue weighted by Gasteiger charge is 2.94. The van der Waals surface area contributed by atoms with Gasteiger partial charge in [0.1, 0.15) is 0 Å². The van der Waals surface area contributed by atoms with Gasteiger partial charge in [-0.1, -0.05) is 76.1 Å². The Kier molecular flexibility index (Phi) is 11.9. The van der Waals surface area contributed by atoms with Gasteiger partial charge in [0.05, 0.1) is 0 Å². The van der Waals surface area contributed by atoms with Gasteiger partial charge in [-0.05, 0) is 67.8 Å². The molecule has 0 bridgehead atoms. The minimum absolute atomic E-state index is 0.318. The number of ketones is 1. The summed E-state index contributed by atoms with van der Waals surface area (Å²) in [6, 6.07) is 2.93. The first-order chi connectivity index (χ1) is 21.9. The standard InChI is InChI=1S/C32H37F15O/c1-2-3-4-19-7-13-22(14-8-19)23-15-9-20(10-16-23)5-6-21-11-17-24(18-12-21)25(48)26(33,34)27(35,36)28(37,38)29(39,40)30(41,42)31(43,44)32(45,46)47/h11-12,17-20,22-23H,2-10,13-16H2,1H3/t19-,20?,22-,23?. The first-order valence-corrected chi connectivity index (χ1v) is 15.8. The number of Topliss-reactive ketones (excluding diaryl/α,β-unsaturated/α-hetero) is 1. The summed E-state index contributed by atoms with van der Waals surface area (Å²) in [4.78, 5) is 12.1. The molecule has 48 heavy (non-hydrogen) atoms. The zero-order valence-corrected chi connectivity index (χ0v) is 25.9. The average molecular weight is 723 g/mol. The number of carbonyl (C=O) groups is 1. The third-order valence-corrected chi connectivity index (χ3v) is 10.1. The minimum atomic E-state index is -8.43. The molecule has 0 N–H and O–H groups in total. The van der Waals surface area contributed by atoms with Crippen molar-refractivity contribution in [2.45, 2.75) is 132 Å². The Morgan fingerprint density at radius 1 is 0.562 bits per heavy atom. The van der Waals surface area contributed by atoms with Crippen molar-refractivity contribution in [3.63, 3.8) is 0 Å². The maximum Gasteiger partial charge on any atom is 0.460 e. The fourth-order valence-electron chi connectivity index (χ4n) is 6.87. The topological polar surface area (TPSA) is 17.1 Å². The lowest BCUT2D eigenvalue weighted by molar-refractivity contribution is -0.449. The molecule has 3 rings (SSSR count). The second-order valence-electron chi connectivity index (χ2n) is 13.2. The van der Waals surface area contributed by atoms with Crippen LogP contribution < -0.4 is 0 Å². The molecule has 0 unspecified atom stereocenters. The van der Waals surface area contributed by atoms with Gasteiger partial charge in [0.25, 0.3) is 0 Å². The highest BCUT2D eigenvalue weighted by molar-refractivity contribution is 6.02. The molecule has 0 aliphatic heterocycles. The predicted molar refractivity (Wildman–Crippen MR) is 145 cm³/mol. The fraction of sp³-hybridized carbons (Fsp3) is 0.781. The van der Waals surface area contributed by atoms with E-state index >= 15 is 0 Å². The molecule has 0 amide bonds. The van der Waals surface area contributed by atoms with E-state index in [1.165, 1.54) is 44.9 Å². The Morgan fingerprint density at radius 3 is 1.38 bits per heavy atom. The van der Waals surface area contributed by atoms with Crippen LogP contribution in [0.1, 0.15) is 99.9 Å². The van der Waals surface area contributed by atoms with Gasteiger partial charge in [0.15, 0.2) is 0 Å². The molecule has 1 aromatic rings. The van der Waals surface area contributed by atoms with Crippen LogP contribution in [0, 0.1) is 23.7 Å². The van der Waals surface area contributed by atoms with Crippen LogP contribution in [-0.2, 0) is 6.42 Å². The number of benzene rings is 1. The van der Waals surface area contributed by atoms with E-state index in [1.807, 2.05) is 0 Å². The third kappa shape index (κ3) is 7.32. The van der Waals surface area contributed by atoms with Crippen LogP contribution in [0.4, 0.5) is 65.9 Å². The van der Waals surface area contributed by atoms with E-state index in [0.717, 1.165) is 43.7 Å². The van der Waals surface area contributed by atoms with Gasteiger partial charge >= 0.3 is 41.7 Å². The van der Waals surface area contributed by atoms with Gasteiger partial charge in [-0.15, -0.1) is 0 Å². The molecule has 0 heterocycles. The molecule has 2 saturated carbocycles. The maximum absolute atomic E-state index is 14.4. The van der Waals surface area contributed by atoms with Crippen molar-refractivity contribution in [1.82, 2.24) is 0 Å². The van der Waals surface area contributed by atoms with Crippen molar-refractivity contribution in [3.8, 4) is 0 Å². The highest BCUT2D eigenvalue weighted by Crippen LogP contribution is 2.62. The molecule has 16 heteroatoms. The van der Waals surface area contributed by atoms with E-state index in [-0.39, 0.29) is 0 Å². The Bertz CT molecular complexity index is 1210. The van der Waals surface area contributed by atoms with E-state index < -0.39 is 53.1 Å². The van der Waals surface area contributed by atoms with E-state index in [0.29, 0.717) is 48.3 Å². The smallest absolute Gasteiger partial charge is 0.287 e. The summed E-state index contributed by atoms with van der Waals surface area (Å²) in [6.07, 6.45) is 5.94. The second kappa shape index (κ2) is 14.2. The molecule has 0 saturated heterocycles. The maximum atomic E-state index is 14.4. The molecule has 0 spiro atoms.